The number of ketones is 1. The number of carbonyl (C=O) groups is 3. The number of hydrogen-bond acceptors (Lipinski definition) is 6. The number of carbonyl (C=O) groups excluding carboxylic acids is 3. The Labute approximate surface area is 181 Å². The van der Waals surface area contributed by atoms with Crippen LogP contribution in [0.4, 0.5) is 0 Å². The van der Waals surface area contributed by atoms with Gasteiger partial charge in [-0.05, 0) is 62.4 Å². The predicted molar refractivity (Wildman–Crippen MR) is 114 cm³/mol. The van der Waals surface area contributed by atoms with Gasteiger partial charge in [0.1, 0.15) is 0 Å². The molecule has 1 amide bonds. The van der Waals surface area contributed by atoms with Gasteiger partial charge in [-0.25, -0.2) is 4.79 Å². The number of methoxy groups -OCH3 is 1. The summed E-state index contributed by atoms with van der Waals surface area (Å²) >= 11 is 0. The SMILES string of the molecule is COc1cc(C(C)=O)ccc1OCC(=O)O[C@@H](C)C(=O)N[C@H]1CCCc2ccccc21. The Morgan fingerprint density at radius 2 is 1.90 bits per heavy atom. The van der Waals surface area contributed by atoms with Crippen LogP contribution in [-0.2, 0) is 20.7 Å². The molecule has 2 aromatic rings. The molecule has 0 aliphatic heterocycles. The molecular weight excluding hydrogens is 398 g/mol. The van der Waals surface area contributed by atoms with Gasteiger partial charge < -0.3 is 19.5 Å². The number of ether oxygens (including phenoxy) is 3. The lowest BCUT2D eigenvalue weighted by Crippen LogP contribution is -2.39. The van der Waals surface area contributed by atoms with Crippen LogP contribution in [0.25, 0.3) is 0 Å². The first-order chi connectivity index (χ1) is 14.9. The highest BCUT2D eigenvalue weighted by atomic mass is 16.6. The minimum atomic E-state index is -0.952. The Hall–Kier alpha value is -3.35. The van der Waals surface area contributed by atoms with E-state index in [1.807, 2.05) is 18.2 Å². The summed E-state index contributed by atoms with van der Waals surface area (Å²) < 4.78 is 15.9. The third-order valence-electron chi connectivity index (χ3n) is 5.28. The largest absolute Gasteiger partial charge is 0.493 e. The molecule has 0 spiro atoms. The molecular formula is C24H27NO6. The van der Waals surface area contributed by atoms with Crippen molar-refractivity contribution in [3.63, 3.8) is 0 Å². The van der Waals surface area contributed by atoms with Crippen LogP contribution in [0.3, 0.4) is 0 Å². The summed E-state index contributed by atoms with van der Waals surface area (Å²) in [7, 11) is 1.44. The van der Waals surface area contributed by atoms with Crippen LogP contribution >= 0.6 is 0 Å². The third-order valence-corrected chi connectivity index (χ3v) is 5.28. The summed E-state index contributed by atoms with van der Waals surface area (Å²) in [5.74, 6) is -0.491. The first-order valence-electron chi connectivity index (χ1n) is 10.3. The second-order valence-corrected chi connectivity index (χ2v) is 7.49. The first-order valence-corrected chi connectivity index (χ1v) is 10.3. The van der Waals surface area contributed by atoms with E-state index in [0.29, 0.717) is 17.1 Å². The number of rotatable bonds is 8. The number of aryl methyl sites for hydroxylation is 1. The van der Waals surface area contributed by atoms with E-state index >= 15 is 0 Å². The summed E-state index contributed by atoms with van der Waals surface area (Å²) in [6.07, 6.45) is 1.89. The highest BCUT2D eigenvalue weighted by Crippen LogP contribution is 2.30. The fraction of sp³-hybridized carbons (Fsp3) is 0.375. The van der Waals surface area contributed by atoms with E-state index in [0.717, 1.165) is 24.8 Å². The van der Waals surface area contributed by atoms with Gasteiger partial charge in [-0.1, -0.05) is 24.3 Å². The lowest BCUT2D eigenvalue weighted by molar-refractivity contribution is -0.156. The second kappa shape index (κ2) is 10.1. The first kappa shape index (κ1) is 22.3. The smallest absolute Gasteiger partial charge is 0.344 e. The van der Waals surface area contributed by atoms with E-state index in [-0.39, 0.29) is 24.3 Å². The Balaban J connectivity index is 1.53. The van der Waals surface area contributed by atoms with E-state index in [9.17, 15) is 14.4 Å². The predicted octanol–water partition coefficient (Wildman–Crippen LogP) is 3.40. The van der Waals surface area contributed by atoms with Gasteiger partial charge in [0.2, 0.25) is 0 Å². The Bertz CT molecular complexity index is 970. The maximum atomic E-state index is 12.6. The average molecular weight is 425 g/mol. The normalized spacial score (nSPS) is 15.9. The van der Waals surface area contributed by atoms with Gasteiger partial charge in [-0.3, -0.25) is 9.59 Å². The monoisotopic (exact) mass is 425 g/mol. The molecule has 7 nitrogen and oxygen atoms in total. The third kappa shape index (κ3) is 5.63. The highest BCUT2D eigenvalue weighted by molar-refractivity contribution is 5.94. The Morgan fingerprint density at radius 1 is 1.13 bits per heavy atom. The molecule has 7 heteroatoms. The molecule has 1 aliphatic rings. The molecule has 0 aromatic heterocycles. The number of fused-ring (bicyclic) bond motifs is 1. The topological polar surface area (TPSA) is 90.9 Å². The number of esters is 1. The molecule has 3 rings (SSSR count). The average Bonchev–Trinajstić information content (AvgIpc) is 2.77. The fourth-order valence-electron chi connectivity index (χ4n) is 3.62. The Kier molecular flexibility index (Phi) is 7.28. The lowest BCUT2D eigenvalue weighted by Gasteiger charge is -2.27. The van der Waals surface area contributed by atoms with Gasteiger partial charge in [-0.15, -0.1) is 0 Å². The molecule has 0 fully saturated rings. The fourth-order valence-corrected chi connectivity index (χ4v) is 3.62. The van der Waals surface area contributed by atoms with Crippen molar-refractivity contribution < 1.29 is 28.6 Å². The summed E-state index contributed by atoms with van der Waals surface area (Å²) in [5.41, 5.74) is 2.83. The zero-order valence-corrected chi connectivity index (χ0v) is 18.0. The maximum absolute atomic E-state index is 12.6. The van der Waals surface area contributed by atoms with Crippen LogP contribution in [0, 0.1) is 0 Å². The van der Waals surface area contributed by atoms with Crippen molar-refractivity contribution in [2.24, 2.45) is 0 Å². The zero-order chi connectivity index (χ0) is 22.4. The molecule has 0 unspecified atom stereocenters. The summed E-state index contributed by atoms with van der Waals surface area (Å²) in [5, 5.41) is 2.98. The number of Topliss-reactive ketones (excluding diaryl/α,β-unsaturated/α-hetero) is 1. The molecule has 0 radical (unpaired) electrons. The Morgan fingerprint density at radius 3 is 2.65 bits per heavy atom. The van der Waals surface area contributed by atoms with Crippen molar-refractivity contribution in [3.05, 3.63) is 59.2 Å². The zero-order valence-electron chi connectivity index (χ0n) is 18.0. The van der Waals surface area contributed by atoms with E-state index in [1.165, 1.54) is 26.5 Å². The quantitative estimate of drug-likeness (QED) is 0.515. The minimum absolute atomic E-state index is 0.0843. The number of hydrogen-bond donors (Lipinski definition) is 1. The molecule has 164 valence electrons. The van der Waals surface area contributed by atoms with Crippen LogP contribution in [0.5, 0.6) is 11.5 Å². The maximum Gasteiger partial charge on any atom is 0.344 e. The molecule has 0 saturated carbocycles. The summed E-state index contributed by atoms with van der Waals surface area (Å²) in [6.45, 7) is 2.59. The lowest BCUT2D eigenvalue weighted by atomic mass is 9.87. The minimum Gasteiger partial charge on any atom is -0.493 e. The number of nitrogens with one attached hydrogen (secondary N) is 1. The van der Waals surface area contributed by atoms with Crippen molar-refractivity contribution in [2.75, 3.05) is 13.7 Å². The second-order valence-electron chi connectivity index (χ2n) is 7.49. The van der Waals surface area contributed by atoms with Crippen LogP contribution in [0.2, 0.25) is 0 Å². The molecule has 1 aliphatic carbocycles. The van der Waals surface area contributed by atoms with Crippen molar-refractivity contribution in [1.29, 1.82) is 0 Å². The van der Waals surface area contributed by atoms with Crippen molar-refractivity contribution >= 4 is 17.7 Å². The van der Waals surface area contributed by atoms with Crippen molar-refractivity contribution in [1.82, 2.24) is 5.32 Å². The van der Waals surface area contributed by atoms with Gasteiger partial charge in [0.25, 0.3) is 5.91 Å². The van der Waals surface area contributed by atoms with Crippen molar-refractivity contribution in [3.8, 4) is 11.5 Å². The molecule has 2 atom stereocenters. The standard InChI is InChI=1S/C24H27NO6/c1-15(26)18-11-12-21(22(13-18)29-3)30-14-23(27)31-16(2)24(28)25-20-10-6-8-17-7-4-5-9-19(17)20/h4-5,7,9,11-13,16,20H,6,8,10,14H2,1-3H3,(H,25,28)/t16-,20-/m0/s1. The van der Waals surface area contributed by atoms with Crippen LogP contribution < -0.4 is 14.8 Å². The van der Waals surface area contributed by atoms with E-state index in [1.54, 1.807) is 18.2 Å². The van der Waals surface area contributed by atoms with Gasteiger partial charge in [0.05, 0.1) is 13.2 Å². The number of amides is 1. The van der Waals surface area contributed by atoms with E-state index in [2.05, 4.69) is 11.4 Å². The molecule has 1 N–H and O–H groups in total. The van der Waals surface area contributed by atoms with Gasteiger partial charge in [-0.2, -0.15) is 0 Å². The molecule has 2 aromatic carbocycles. The van der Waals surface area contributed by atoms with Gasteiger partial charge in [0, 0.05) is 5.56 Å². The molecule has 0 saturated heterocycles. The van der Waals surface area contributed by atoms with E-state index in [4.69, 9.17) is 14.2 Å². The molecule has 0 bridgehead atoms. The van der Waals surface area contributed by atoms with Crippen LogP contribution in [0.1, 0.15) is 54.2 Å². The molecule has 31 heavy (non-hydrogen) atoms. The van der Waals surface area contributed by atoms with Gasteiger partial charge >= 0.3 is 5.97 Å². The number of benzene rings is 2. The van der Waals surface area contributed by atoms with E-state index < -0.39 is 12.1 Å². The molecule has 0 heterocycles. The van der Waals surface area contributed by atoms with Crippen molar-refractivity contribution in [2.45, 2.75) is 45.3 Å². The van der Waals surface area contributed by atoms with Crippen LogP contribution in [-0.4, -0.2) is 37.5 Å². The van der Waals surface area contributed by atoms with Gasteiger partial charge in [0.15, 0.2) is 30.0 Å². The summed E-state index contributed by atoms with van der Waals surface area (Å²) in [6, 6.07) is 12.7. The summed E-state index contributed by atoms with van der Waals surface area (Å²) in [4.78, 5) is 36.2. The highest BCUT2D eigenvalue weighted by Gasteiger charge is 2.25. The van der Waals surface area contributed by atoms with Crippen LogP contribution in [0.15, 0.2) is 42.5 Å².